The van der Waals surface area contributed by atoms with E-state index in [2.05, 4.69) is 25.4 Å². The summed E-state index contributed by atoms with van der Waals surface area (Å²) in [6.07, 6.45) is 6.49. The second kappa shape index (κ2) is 4.96. The van der Waals surface area contributed by atoms with Crippen molar-refractivity contribution in [1.82, 2.24) is 9.55 Å². The lowest BCUT2D eigenvalue weighted by atomic mass is 10.0. The molecule has 0 amide bonds. The first-order valence-electron chi connectivity index (χ1n) is 5.01. The Morgan fingerprint density at radius 2 is 2.36 bits per heavy atom. The van der Waals surface area contributed by atoms with E-state index in [1.165, 1.54) is 0 Å². The predicted molar refractivity (Wildman–Crippen MR) is 58.8 cm³/mol. The van der Waals surface area contributed by atoms with Crippen molar-refractivity contribution in [2.45, 2.75) is 32.9 Å². The molecule has 0 saturated carbocycles. The third-order valence-electron chi connectivity index (χ3n) is 2.18. The molecule has 78 valence electrons. The Balaban J connectivity index is 2.72. The standard InChI is InChI=1S/C11H19N3/c1-4-5-14-8-13-7-11(14)10(12)6-9(2)3/h4,7-10H,1,5-6,12H2,2-3H3. The summed E-state index contributed by atoms with van der Waals surface area (Å²) < 4.78 is 2.04. The fourth-order valence-corrected chi connectivity index (χ4v) is 1.56. The van der Waals surface area contributed by atoms with Crippen LogP contribution in [0.25, 0.3) is 0 Å². The number of hydrogen-bond donors (Lipinski definition) is 1. The van der Waals surface area contributed by atoms with E-state index in [1.807, 2.05) is 16.8 Å². The minimum absolute atomic E-state index is 0.0810. The van der Waals surface area contributed by atoms with Crippen LogP contribution in [0.3, 0.4) is 0 Å². The number of rotatable bonds is 5. The van der Waals surface area contributed by atoms with Crippen LogP contribution in [0.4, 0.5) is 0 Å². The van der Waals surface area contributed by atoms with Crippen molar-refractivity contribution in [2.75, 3.05) is 0 Å². The van der Waals surface area contributed by atoms with Crippen molar-refractivity contribution < 1.29 is 0 Å². The summed E-state index contributed by atoms with van der Waals surface area (Å²) in [5.74, 6) is 0.608. The van der Waals surface area contributed by atoms with Crippen LogP contribution < -0.4 is 5.73 Å². The van der Waals surface area contributed by atoms with Crippen LogP contribution in [-0.4, -0.2) is 9.55 Å². The molecular formula is C11H19N3. The molecule has 1 rings (SSSR count). The zero-order valence-electron chi connectivity index (χ0n) is 8.98. The second-order valence-electron chi connectivity index (χ2n) is 4.00. The van der Waals surface area contributed by atoms with Gasteiger partial charge in [-0.1, -0.05) is 19.9 Å². The van der Waals surface area contributed by atoms with Crippen molar-refractivity contribution in [3.05, 3.63) is 30.9 Å². The number of aromatic nitrogens is 2. The molecule has 0 aliphatic rings. The lowest BCUT2D eigenvalue weighted by Crippen LogP contribution is -2.16. The van der Waals surface area contributed by atoms with Gasteiger partial charge in [0, 0.05) is 18.8 Å². The maximum absolute atomic E-state index is 6.08. The summed E-state index contributed by atoms with van der Waals surface area (Å²) in [6.45, 7) is 8.84. The molecule has 0 aromatic carbocycles. The van der Waals surface area contributed by atoms with Crippen LogP contribution in [0.1, 0.15) is 32.0 Å². The summed E-state index contributed by atoms with van der Waals surface area (Å²) in [7, 11) is 0. The molecule has 3 nitrogen and oxygen atoms in total. The summed E-state index contributed by atoms with van der Waals surface area (Å²) in [6, 6.07) is 0.0810. The van der Waals surface area contributed by atoms with E-state index in [-0.39, 0.29) is 6.04 Å². The van der Waals surface area contributed by atoms with E-state index in [9.17, 15) is 0 Å². The predicted octanol–water partition coefficient (Wildman–Crippen LogP) is 2.12. The molecule has 1 heterocycles. The van der Waals surface area contributed by atoms with E-state index in [0.29, 0.717) is 5.92 Å². The molecule has 0 aliphatic carbocycles. The molecule has 1 atom stereocenters. The maximum atomic E-state index is 6.08. The molecular weight excluding hydrogens is 174 g/mol. The zero-order valence-corrected chi connectivity index (χ0v) is 8.98. The zero-order chi connectivity index (χ0) is 10.6. The highest BCUT2D eigenvalue weighted by molar-refractivity contribution is 5.05. The highest BCUT2D eigenvalue weighted by Crippen LogP contribution is 2.18. The number of allylic oxidation sites excluding steroid dienone is 1. The Kier molecular flexibility index (Phi) is 3.89. The normalized spacial score (nSPS) is 13.1. The van der Waals surface area contributed by atoms with E-state index >= 15 is 0 Å². The van der Waals surface area contributed by atoms with Gasteiger partial charge in [0.15, 0.2) is 0 Å². The molecule has 0 bridgehead atoms. The Morgan fingerprint density at radius 3 is 2.93 bits per heavy atom. The molecule has 0 spiro atoms. The van der Waals surface area contributed by atoms with Gasteiger partial charge in [0.05, 0.1) is 12.0 Å². The largest absolute Gasteiger partial charge is 0.329 e. The fraction of sp³-hybridized carbons (Fsp3) is 0.545. The lowest BCUT2D eigenvalue weighted by Gasteiger charge is -2.15. The van der Waals surface area contributed by atoms with Gasteiger partial charge in [0.1, 0.15) is 0 Å². The maximum Gasteiger partial charge on any atom is 0.0951 e. The first kappa shape index (κ1) is 11.0. The molecule has 0 saturated heterocycles. The van der Waals surface area contributed by atoms with E-state index < -0.39 is 0 Å². The van der Waals surface area contributed by atoms with Crippen molar-refractivity contribution in [2.24, 2.45) is 11.7 Å². The first-order chi connectivity index (χ1) is 6.65. The van der Waals surface area contributed by atoms with Crippen molar-refractivity contribution in [3.63, 3.8) is 0 Å². The third-order valence-corrected chi connectivity index (χ3v) is 2.18. The summed E-state index contributed by atoms with van der Waals surface area (Å²) >= 11 is 0. The summed E-state index contributed by atoms with van der Waals surface area (Å²) in [5.41, 5.74) is 7.17. The number of hydrogen-bond acceptors (Lipinski definition) is 2. The average molecular weight is 193 g/mol. The summed E-state index contributed by atoms with van der Waals surface area (Å²) in [4.78, 5) is 4.10. The Morgan fingerprint density at radius 1 is 1.64 bits per heavy atom. The van der Waals surface area contributed by atoms with Crippen LogP contribution in [0.5, 0.6) is 0 Å². The first-order valence-corrected chi connectivity index (χ1v) is 5.01. The molecule has 2 N–H and O–H groups in total. The molecule has 1 unspecified atom stereocenters. The minimum atomic E-state index is 0.0810. The highest BCUT2D eigenvalue weighted by atomic mass is 15.1. The Labute approximate surface area is 85.6 Å². The molecule has 1 aromatic heterocycles. The van der Waals surface area contributed by atoms with Gasteiger partial charge in [-0.2, -0.15) is 0 Å². The van der Waals surface area contributed by atoms with Crippen LogP contribution in [0, 0.1) is 5.92 Å². The molecule has 0 aliphatic heterocycles. The van der Waals surface area contributed by atoms with Gasteiger partial charge in [-0.3, -0.25) is 0 Å². The Bertz CT molecular complexity index is 288. The van der Waals surface area contributed by atoms with E-state index in [1.54, 1.807) is 6.33 Å². The van der Waals surface area contributed by atoms with Crippen LogP contribution in [0.2, 0.25) is 0 Å². The van der Waals surface area contributed by atoms with Gasteiger partial charge in [-0.25, -0.2) is 4.98 Å². The fourth-order valence-electron chi connectivity index (χ4n) is 1.56. The van der Waals surface area contributed by atoms with Crippen LogP contribution in [-0.2, 0) is 6.54 Å². The van der Waals surface area contributed by atoms with Crippen molar-refractivity contribution >= 4 is 0 Å². The van der Waals surface area contributed by atoms with Gasteiger partial charge in [-0.05, 0) is 12.3 Å². The van der Waals surface area contributed by atoms with Gasteiger partial charge in [-0.15, -0.1) is 6.58 Å². The van der Waals surface area contributed by atoms with Crippen LogP contribution in [0.15, 0.2) is 25.2 Å². The van der Waals surface area contributed by atoms with Gasteiger partial charge in [0.2, 0.25) is 0 Å². The monoisotopic (exact) mass is 193 g/mol. The van der Waals surface area contributed by atoms with Crippen molar-refractivity contribution in [3.8, 4) is 0 Å². The highest BCUT2D eigenvalue weighted by Gasteiger charge is 2.12. The molecule has 0 fully saturated rings. The van der Waals surface area contributed by atoms with E-state index in [4.69, 9.17) is 5.73 Å². The molecule has 3 heteroatoms. The molecule has 14 heavy (non-hydrogen) atoms. The topological polar surface area (TPSA) is 43.8 Å². The Hall–Kier alpha value is -1.09. The van der Waals surface area contributed by atoms with Gasteiger partial charge in [0.25, 0.3) is 0 Å². The quantitative estimate of drug-likeness (QED) is 0.728. The third kappa shape index (κ3) is 2.70. The minimum Gasteiger partial charge on any atom is -0.329 e. The molecule has 1 aromatic rings. The number of imidazole rings is 1. The summed E-state index contributed by atoms with van der Waals surface area (Å²) in [5, 5.41) is 0. The van der Waals surface area contributed by atoms with Crippen LogP contribution >= 0.6 is 0 Å². The second-order valence-corrected chi connectivity index (χ2v) is 4.00. The van der Waals surface area contributed by atoms with Crippen molar-refractivity contribution in [1.29, 1.82) is 0 Å². The number of nitrogens with two attached hydrogens (primary N) is 1. The number of nitrogens with zero attached hydrogens (tertiary/aromatic N) is 2. The van der Waals surface area contributed by atoms with E-state index in [0.717, 1.165) is 18.7 Å². The van der Waals surface area contributed by atoms with Gasteiger partial charge < -0.3 is 10.3 Å². The van der Waals surface area contributed by atoms with Gasteiger partial charge >= 0.3 is 0 Å². The molecule has 0 radical (unpaired) electrons. The smallest absolute Gasteiger partial charge is 0.0951 e. The SMILES string of the molecule is C=CCn1cncc1C(N)CC(C)C. The lowest BCUT2D eigenvalue weighted by molar-refractivity contribution is 0.489. The average Bonchev–Trinajstić information content (AvgIpc) is 2.51.